The number of aldehydes is 1. The fraction of sp³-hybridized carbons (Fsp3) is 0.348. The predicted molar refractivity (Wildman–Crippen MR) is 113 cm³/mol. The van der Waals surface area contributed by atoms with E-state index in [-0.39, 0.29) is 42.6 Å². The van der Waals surface area contributed by atoms with Crippen LogP contribution in [0, 0.1) is 5.92 Å². The van der Waals surface area contributed by atoms with Crippen LogP contribution in [0.15, 0.2) is 48.5 Å². The quantitative estimate of drug-likeness (QED) is 0.446. The van der Waals surface area contributed by atoms with Gasteiger partial charge in [-0.25, -0.2) is 0 Å². The Labute approximate surface area is 176 Å². The first kappa shape index (κ1) is 22.9. The van der Waals surface area contributed by atoms with Gasteiger partial charge in [0.15, 0.2) is 0 Å². The molecule has 0 heterocycles. The molecule has 2 amide bonds. The second-order valence-corrected chi connectivity index (χ2v) is 7.71. The number of carbonyl (C=O) groups excluding carboxylic acids is 3. The maximum Gasteiger partial charge on any atom is 0.243 e. The highest BCUT2D eigenvalue weighted by Crippen LogP contribution is 2.13. The van der Waals surface area contributed by atoms with E-state index in [1.807, 2.05) is 13.8 Å². The molecule has 2 aromatic carbocycles. The molecule has 30 heavy (non-hydrogen) atoms. The van der Waals surface area contributed by atoms with E-state index < -0.39 is 18.0 Å². The lowest BCUT2D eigenvalue weighted by atomic mass is 10.0. The predicted octanol–water partition coefficient (Wildman–Crippen LogP) is 2.10. The number of rotatable bonds is 10. The molecule has 0 aromatic heterocycles. The van der Waals surface area contributed by atoms with Gasteiger partial charge >= 0.3 is 0 Å². The summed E-state index contributed by atoms with van der Waals surface area (Å²) in [5, 5.41) is 24.3. The number of carbonyl (C=O) groups is 3. The van der Waals surface area contributed by atoms with Crippen LogP contribution in [0.4, 0.5) is 0 Å². The molecule has 0 radical (unpaired) electrons. The molecule has 2 aromatic rings. The molecule has 0 aliphatic rings. The zero-order chi connectivity index (χ0) is 22.1. The highest BCUT2D eigenvalue weighted by Gasteiger charge is 2.24. The summed E-state index contributed by atoms with van der Waals surface area (Å²) < 4.78 is 0. The van der Waals surface area contributed by atoms with Crippen LogP contribution < -0.4 is 10.6 Å². The van der Waals surface area contributed by atoms with Crippen molar-refractivity contribution in [3.63, 3.8) is 0 Å². The van der Waals surface area contributed by atoms with Crippen molar-refractivity contribution in [2.45, 2.75) is 45.2 Å². The monoisotopic (exact) mass is 412 g/mol. The fourth-order valence-corrected chi connectivity index (χ4v) is 3.00. The van der Waals surface area contributed by atoms with Gasteiger partial charge in [0.05, 0.1) is 6.04 Å². The van der Waals surface area contributed by atoms with Gasteiger partial charge in [0.25, 0.3) is 0 Å². The first-order valence-corrected chi connectivity index (χ1v) is 9.87. The van der Waals surface area contributed by atoms with E-state index in [1.165, 1.54) is 24.3 Å². The Morgan fingerprint density at radius 2 is 1.37 bits per heavy atom. The minimum absolute atomic E-state index is 0.110. The van der Waals surface area contributed by atoms with Crippen molar-refractivity contribution in [2.24, 2.45) is 5.92 Å². The molecule has 2 rings (SSSR count). The number of phenols is 2. The van der Waals surface area contributed by atoms with Gasteiger partial charge in [0, 0.05) is 12.8 Å². The Balaban J connectivity index is 2.10. The molecule has 0 fully saturated rings. The summed E-state index contributed by atoms with van der Waals surface area (Å²) in [5.74, 6) is -0.341. The van der Waals surface area contributed by atoms with Gasteiger partial charge in [-0.05, 0) is 47.7 Å². The third kappa shape index (κ3) is 7.58. The van der Waals surface area contributed by atoms with Crippen LogP contribution in [0.3, 0.4) is 0 Å². The van der Waals surface area contributed by atoms with Gasteiger partial charge in [-0.15, -0.1) is 0 Å². The van der Waals surface area contributed by atoms with Crippen molar-refractivity contribution >= 4 is 18.1 Å². The van der Waals surface area contributed by atoms with Crippen LogP contribution in [0.2, 0.25) is 0 Å². The summed E-state index contributed by atoms with van der Waals surface area (Å²) in [6, 6.07) is 11.1. The zero-order valence-electron chi connectivity index (χ0n) is 17.2. The summed E-state index contributed by atoms with van der Waals surface area (Å²) in [6.07, 6.45) is 1.42. The van der Waals surface area contributed by atoms with Gasteiger partial charge in [-0.1, -0.05) is 38.1 Å². The Bertz CT molecular complexity index is 847. The highest BCUT2D eigenvalue weighted by molar-refractivity contribution is 5.89. The smallest absolute Gasteiger partial charge is 0.243 e. The molecule has 7 nitrogen and oxygen atoms in total. The van der Waals surface area contributed by atoms with Gasteiger partial charge in [-0.2, -0.15) is 0 Å². The van der Waals surface area contributed by atoms with Crippen LogP contribution in [0.1, 0.15) is 31.4 Å². The zero-order valence-corrected chi connectivity index (χ0v) is 17.2. The molecule has 0 aliphatic carbocycles. The molecular formula is C23H28N2O5. The molecule has 4 N–H and O–H groups in total. The van der Waals surface area contributed by atoms with E-state index in [0.717, 1.165) is 11.1 Å². The Morgan fingerprint density at radius 1 is 0.867 bits per heavy atom. The van der Waals surface area contributed by atoms with Crippen molar-refractivity contribution in [3.8, 4) is 11.5 Å². The summed E-state index contributed by atoms with van der Waals surface area (Å²) in [6.45, 7) is 3.82. The standard InChI is InChI=1S/C23H28N2O5/c1-15(2)11-22(29)25-21(13-17-5-9-20(28)10-6-17)23(30)24-18(14-26)12-16-3-7-19(27)8-4-16/h3-10,14-15,18,21,27-28H,11-13H2,1-2H3,(H,24,30)(H,25,29). The van der Waals surface area contributed by atoms with Gasteiger partial charge in [0.2, 0.25) is 11.8 Å². The topological polar surface area (TPSA) is 116 Å². The third-order valence-electron chi connectivity index (χ3n) is 4.51. The number of aromatic hydroxyl groups is 2. The van der Waals surface area contributed by atoms with Gasteiger partial charge < -0.3 is 25.6 Å². The molecule has 0 saturated heterocycles. The van der Waals surface area contributed by atoms with Crippen LogP contribution in [-0.2, 0) is 27.2 Å². The van der Waals surface area contributed by atoms with E-state index >= 15 is 0 Å². The molecule has 0 spiro atoms. The molecule has 160 valence electrons. The summed E-state index contributed by atoms with van der Waals surface area (Å²) in [4.78, 5) is 36.7. The SMILES string of the molecule is CC(C)CC(=O)NC(Cc1ccc(O)cc1)C(=O)NC(C=O)Cc1ccc(O)cc1. The molecule has 2 atom stereocenters. The van der Waals surface area contributed by atoms with Crippen molar-refractivity contribution < 1.29 is 24.6 Å². The number of hydrogen-bond acceptors (Lipinski definition) is 5. The Hall–Kier alpha value is -3.35. The molecule has 7 heteroatoms. The maximum absolute atomic E-state index is 12.9. The van der Waals surface area contributed by atoms with Gasteiger partial charge in [-0.3, -0.25) is 9.59 Å². The van der Waals surface area contributed by atoms with Gasteiger partial charge in [0.1, 0.15) is 23.8 Å². The number of phenolic OH excluding ortho intramolecular Hbond substituents is 2. The largest absolute Gasteiger partial charge is 0.508 e. The van der Waals surface area contributed by atoms with Crippen LogP contribution in [-0.4, -0.2) is 40.4 Å². The number of nitrogens with one attached hydrogen (secondary N) is 2. The Kier molecular flexibility index (Phi) is 8.41. The summed E-state index contributed by atoms with van der Waals surface area (Å²) in [7, 11) is 0. The molecular weight excluding hydrogens is 384 g/mol. The van der Waals surface area contributed by atoms with Crippen LogP contribution in [0.5, 0.6) is 11.5 Å². The van der Waals surface area contributed by atoms with E-state index in [2.05, 4.69) is 10.6 Å². The summed E-state index contributed by atoms with van der Waals surface area (Å²) in [5.41, 5.74) is 1.54. The maximum atomic E-state index is 12.9. The second kappa shape index (κ2) is 11.0. The minimum Gasteiger partial charge on any atom is -0.508 e. The number of hydrogen-bond donors (Lipinski definition) is 4. The van der Waals surface area contributed by atoms with Crippen molar-refractivity contribution in [1.82, 2.24) is 10.6 Å². The first-order valence-electron chi connectivity index (χ1n) is 9.87. The average molecular weight is 412 g/mol. The molecule has 0 aliphatic heterocycles. The first-order chi connectivity index (χ1) is 14.3. The van der Waals surface area contributed by atoms with Crippen LogP contribution in [0.25, 0.3) is 0 Å². The Morgan fingerprint density at radius 3 is 1.83 bits per heavy atom. The molecule has 2 unspecified atom stereocenters. The fourth-order valence-electron chi connectivity index (χ4n) is 3.00. The molecule has 0 saturated carbocycles. The van der Waals surface area contributed by atoms with Crippen molar-refractivity contribution in [2.75, 3.05) is 0 Å². The lowest BCUT2D eigenvalue weighted by Gasteiger charge is -2.22. The average Bonchev–Trinajstić information content (AvgIpc) is 2.69. The minimum atomic E-state index is -0.858. The van der Waals surface area contributed by atoms with Crippen molar-refractivity contribution in [3.05, 3.63) is 59.7 Å². The van der Waals surface area contributed by atoms with Crippen LogP contribution >= 0.6 is 0 Å². The third-order valence-corrected chi connectivity index (χ3v) is 4.51. The van der Waals surface area contributed by atoms with E-state index in [4.69, 9.17) is 0 Å². The lowest BCUT2D eigenvalue weighted by molar-refractivity contribution is -0.130. The highest BCUT2D eigenvalue weighted by atomic mass is 16.3. The summed E-state index contributed by atoms with van der Waals surface area (Å²) >= 11 is 0. The van der Waals surface area contributed by atoms with E-state index in [1.54, 1.807) is 24.3 Å². The number of benzene rings is 2. The van der Waals surface area contributed by atoms with E-state index in [0.29, 0.717) is 6.29 Å². The second-order valence-electron chi connectivity index (χ2n) is 7.71. The number of amides is 2. The van der Waals surface area contributed by atoms with E-state index in [9.17, 15) is 24.6 Å². The lowest BCUT2D eigenvalue weighted by Crippen LogP contribution is -2.51. The normalized spacial score (nSPS) is 12.8. The molecule has 0 bridgehead atoms. The van der Waals surface area contributed by atoms with Crippen molar-refractivity contribution in [1.29, 1.82) is 0 Å².